The Labute approximate surface area is 169 Å². The summed E-state index contributed by atoms with van der Waals surface area (Å²) in [6, 6.07) is 10.8. The molecule has 0 radical (unpaired) electrons. The van der Waals surface area contributed by atoms with Crippen LogP contribution in [0.15, 0.2) is 47.6 Å². The minimum absolute atomic E-state index is 0.128. The first-order valence-electron chi connectivity index (χ1n) is 8.90. The van der Waals surface area contributed by atoms with Crippen LogP contribution in [0.4, 0.5) is 18.9 Å². The number of aromatic nitrogens is 2. The van der Waals surface area contributed by atoms with Crippen molar-refractivity contribution < 1.29 is 18.0 Å². The van der Waals surface area contributed by atoms with Crippen LogP contribution in [0, 0.1) is 24.1 Å². The van der Waals surface area contributed by atoms with Crippen LogP contribution in [-0.2, 0) is 6.54 Å². The molecular weight excluding hydrogens is 395 g/mol. The summed E-state index contributed by atoms with van der Waals surface area (Å²) < 4.78 is 40.5. The van der Waals surface area contributed by atoms with Gasteiger partial charge in [-0.3, -0.25) is 9.79 Å². The van der Waals surface area contributed by atoms with Crippen molar-refractivity contribution in [2.24, 2.45) is 4.99 Å². The highest BCUT2D eigenvalue weighted by atomic mass is 19.3. The number of halogens is 3. The maximum atomic E-state index is 14.3. The molecule has 9 heteroatoms. The molecule has 0 saturated carbocycles. The fraction of sp³-hybridized carbons (Fsp3) is 0.143. The lowest BCUT2D eigenvalue weighted by Gasteiger charge is -2.11. The van der Waals surface area contributed by atoms with Crippen molar-refractivity contribution >= 4 is 17.3 Å². The van der Waals surface area contributed by atoms with Gasteiger partial charge in [0.15, 0.2) is 0 Å². The number of nitrogens with zero attached hydrogens (tertiary/aromatic N) is 4. The van der Waals surface area contributed by atoms with Crippen molar-refractivity contribution in [3.63, 3.8) is 0 Å². The van der Waals surface area contributed by atoms with Gasteiger partial charge in [-0.05, 0) is 48.4 Å². The van der Waals surface area contributed by atoms with E-state index in [4.69, 9.17) is 5.26 Å². The number of fused-ring (bicyclic) bond motifs is 1. The van der Waals surface area contributed by atoms with Crippen molar-refractivity contribution in [2.45, 2.75) is 20.0 Å². The molecule has 0 aliphatic carbocycles. The Morgan fingerprint density at radius 1 is 1.27 bits per heavy atom. The topological polar surface area (TPSA) is 83.1 Å². The molecule has 1 amide bonds. The molecule has 0 bridgehead atoms. The van der Waals surface area contributed by atoms with Crippen LogP contribution in [0.5, 0.6) is 0 Å². The van der Waals surface area contributed by atoms with E-state index >= 15 is 0 Å². The van der Waals surface area contributed by atoms with E-state index < -0.39 is 18.3 Å². The SMILES string of the molecule is Cc1cc(C#N)cc(F)c1C(=O)Nc1ccc2c(c1)C(c1ccn(C(F)F)n1)=NC2. The fourth-order valence-corrected chi connectivity index (χ4v) is 3.34. The predicted molar refractivity (Wildman–Crippen MR) is 103 cm³/mol. The van der Waals surface area contributed by atoms with Gasteiger partial charge < -0.3 is 5.32 Å². The minimum Gasteiger partial charge on any atom is -0.322 e. The van der Waals surface area contributed by atoms with Crippen LogP contribution in [0.3, 0.4) is 0 Å². The molecule has 0 unspecified atom stereocenters. The molecule has 1 N–H and O–H groups in total. The summed E-state index contributed by atoms with van der Waals surface area (Å²) in [6.45, 7) is -0.841. The number of benzene rings is 2. The summed E-state index contributed by atoms with van der Waals surface area (Å²) in [7, 11) is 0. The molecular formula is C21H14F3N5O. The summed E-state index contributed by atoms with van der Waals surface area (Å²) in [6.07, 6.45) is 1.17. The maximum absolute atomic E-state index is 14.3. The number of nitriles is 1. The summed E-state index contributed by atoms with van der Waals surface area (Å²) in [5.41, 5.74) is 2.96. The number of carbonyl (C=O) groups is 1. The van der Waals surface area contributed by atoms with E-state index in [2.05, 4.69) is 15.4 Å². The van der Waals surface area contributed by atoms with Crippen molar-refractivity contribution in [2.75, 3.05) is 5.32 Å². The minimum atomic E-state index is -2.75. The molecule has 0 fully saturated rings. The second-order valence-corrected chi connectivity index (χ2v) is 6.71. The van der Waals surface area contributed by atoms with Crippen LogP contribution in [0.2, 0.25) is 0 Å². The molecule has 3 aromatic rings. The number of anilines is 1. The van der Waals surface area contributed by atoms with Gasteiger partial charge >= 0.3 is 6.55 Å². The Balaban J connectivity index is 1.62. The van der Waals surface area contributed by atoms with Gasteiger partial charge in [0, 0.05) is 17.4 Å². The highest BCUT2D eigenvalue weighted by Crippen LogP contribution is 2.27. The maximum Gasteiger partial charge on any atom is 0.333 e. The van der Waals surface area contributed by atoms with Crippen molar-refractivity contribution in [1.82, 2.24) is 9.78 Å². The molecule has 1 aliphatic rings. The van der Waals surface area contributed by atoms with Gasteiger partial charge in [0.2, 0.25) is 0 Å². The molecule has 150 valence electrons. The van der Waals surface area contributed by atoms with Crippen LogP contribution in [0.25, 0.3) is 0 Å². The molecule has 0 spiro atoms. The normalized spacial score (nSPS) is 12.5. The van der Waals surface area contributed by atoms with E-state index in [1.165, 1.54) is 18.3 Å². The zero-order valence-electron chi connectivity index (χ0n) is 15.7. The molecule has 2 heterocycles. The van der Waals surface area contributed by atoms with Gasteiger partial charge in [0.25, 0.3) is 5.91 Å². The number of aryl methyl sites for hydroxylation is 1. The monoisotopic (exact) mass is 409 g/mol. The van der Waals surface area contributed by atoms with E-state index in [9.17, 15) is 18.0 Å². The molecule has 6 nitrogen and oxygen atoms in total. The zero-order valence-corrected chi connectivity index (χ0v) is 15.7. The third kappa shape index (κ3) is 3.43. The highest BCUT2D eigenvalue weighted by molar-refractivity contribution is 6.15. The number of hydrogen-bond donors (Lipinski definition) is 1. The number of aliphatic imine (C=N–C) groups is 1. The number of amides is 1. The molecule has 0 atom stereocenters. The van der Waals surface area contributed by atoms with E-state index in [1.807, 2.05) is 6.07 Å². The van der Waals surface area contributed by atoms with Gasteiger partial charge in [0.05, 0.1) is 29.5 Å². The number of carbonyl (C=O) groups excluding carboxylic acids is 1. The lowest BCUT2D eigenvalue weighted by molar-refractivity contribution is 0.0565. The van der Waals surface area contributed by atoms with Crippen LogP contribution < -0.4 is 5.32 Å². The van der Waals surface area contributed by atoms with Gasteiger partial charge in [-0.1, -0.05) is 6.07 Å². The quantitative estimate of drug-likeness (QED) is 0.701. The molecule has 0 saturated heterocycles. The molecule has 1 aromatic heterocycles. The van der Waals surface area contributed by atoms with Crippen LogP contribution >= 0.6 is 0 Å². The largest absolute Gasteiger partial charge is 0.333 e. The number of alkyl halides is 2. The van der Waals surface area contributed by atoms with Crippen molar-refractivity contribution in [3.05, 3.63) is 81.9 Å². The summed E-state index contributed by atoms with van der Waals surface area (Å²) in [5.74, 6) is -1.45. The van der Waals surface area contributed by atoms with E-state index in [0.29, 0.717) is 39.4 Å². The summed E-state index contributed by atoms with van der Waals surface area (Å²) in [5, 5.41) is 15.4. The van der Waals surface area contributed by atoms with Gasteiger partial charge in [-0.2, -0.15) is 19.1 Å². The Morgan fingerprint density at radius 3 is 2.73 bits per heavy atom. The van der Waals surface area contributed by atoms with E-state index in [0.717, 1.165) is 11.6 Å². The molecule has 4 rings (SSSR count). The standard InChI is InChI=1S/C21H14F3N5O/c1-11-6-12(9-25)7-16(22)18(11)20(30)27-14-3-2-13-10-26-19(15(13)8-14)17-4-5-29(28-17)21(23)24/h2-8,21H,10H2,1H3,(H,27,30). The molecule has 30 heavy (non-hydrogen) atoms. The average molecular weight is 409 g/mol. The number of hydrogen-bond acceptors (Lipinski definition) is 4. The second-order valence-electron chi connectivity index (χ2n) is 6.71. The smallest absolute Gasteiger partial charge is 0.322 e. The zero-order chi connectivity index (χ0) is 21.4. The first-order valence-corrected chi connectivity index (χ1v) is 8.90. The van der Waals surface area contributed by atoms with Gasteiger partial charge in [0.1, 0.15) is 11.5 Å². The van der Waals surface area contributed by atoms with Crippen molar-refractivity contribution in [3.8, 4) is 6.07 Å². The Kier molecular flexibility index (Phi) is 4.83. The first kappa shape index (κ1) is 19.4. The van der Waals surface area contributed by atoms with Gasteiger partial charge in [-0.15, -0.1) is 0 Å². The number of rotatable bonds is 4. The summed E-state index contributed by atoms with van der Waals surface area (Å²) >= 11 is 0. The molecule has 2 aromatic carbocycles. The Hall–Kier alpha value is -3.93. The van der Waals surface area contributed by atoms with E-state index in [-0.39, 0.29) is 11.1 Å². The first-order chi connectivity index (χ1) is 14.4. The number of nitrogens with one attached hydrogen (secondary N) is 1. The Morgan fingerprint density at radius 2 is 2.07 bits per heavy atom. The third-order valence-electron chi connectivity index (χ3n) is 4.72. The second kappa shape index (κ2) is 7.48. The van der Waals surface area contributed by atoms with Crippen LogP contribution in [0.1, 0.15) is 44.9 Å². The lowest BCUT2D eigenvalue weighted by Crippen LogP contribution is -2.16. The Bertz CT molecular complexity index is 1220. The fourth-order valence-electron chi connectivity index (χ4n) is 3.34. The summed E-state index contributed by atoms with van der Waals surface area (Å²) in [4.78, 5) is 17.0. The third-order valence-corrected chi connectivity index (χ3v) is 4.72. The highest BCUT2D eigenvalue weighted by Gasteiger charge is 2.22. The van der Waals surface area contributed by atoms with Gasteiger partial charge in [-0.25, -0.2) is 9.07 Å². The van der Waals surface area contributed by atoms with E-state index in [1.54, 1.807) is 25.1 Å². The van der Waals surface area contributed by atoms with Crippen LogP contribution in [-0.4, -0.2) is 21.4 Å². The lowest BCUT2D eigenvalue weighted by atomic mass is 10.0. The predicted octanol–water partition coefficient (Wildman–Crippen LogP) is 4.20. The van der Waals surface area contributed by atoms with Crippen molar-refractivity contribution in [1.29, 1.82) is 5.26 Å². The molecule has 1 aliphatic heterocycles. The average Bonchev–Trinajstić information content (AvgIpc) is 3.33.